The van der Waals surface area contributed by atoms with Crippen molar-refractivity contribution in [3.63, 3.8) is 0 Å². The molecular formula is C7H17O4P. The van der Waals surface area contributed by atoms with Crippen LogP contribution in [0.25, 0.3) is 0 Å². The summed E-state index contributed by atoms with van der Waals surface area (Å²) in [4.78, 5) is 8.24. The normalized spacial score (nSPS) is 11.1. The molecule has 0 saturated heterocycles. The summed E-state index contributed by atoms with van der Waals surface area (Å²) in [5.41, 5.74) is 0. The van der Waals surface area contributed by atoms with E-state index >= 15 is 0 Å². The molecule has 0 aromatic heterocycles. The van der Waals surface area contributed by atoms with Crippen molar-refractivity contribution in [2.45, 2.75) is 20.3 Å². The molecule has 0 amide bonds. The molecule has 0 rings (SSSR count). The van der Waals surface area contributed by atoms with Crippen molar-refractivity contribution in [2.24, 2.45) is 0 Å². The molecule has 1 N–H and O–H groups in total. The van der Waals surface area contributed by atoms with Crippen molar-refractivity contribution in [1.82, 2.24) is 0 Å². The van der Waals surface area contributed by atoms with E-state index in [0.717, 1.165) is 20.6 Å². The van der Waals surface area contributed by atoms with Crippen LogP contribution in [0.4, 0.5) is 0 Å². The first-order valence-corrected chi connectivity index (χ1v) is 5.09. The fourth-order valence-corrected chi connectivity index (χ4v) is 0.459. The van der Waals surface area contributed by atoms with Crippen molar-refractivity contribution in [1.29, 1.82) is 0 Å². The van der Waals surface area contributed by atoms with Crippen molar-refractivity contribution < 1.29 is 18.5 Å². The van der Waals surface area contributed by atoms with Gasteiger partial charge < -0.3 is 4.89 Å². The van der Waals surface area contributed by atoms with Crippen LogP contribution in [0.15, 0.2) is 12.2 Å². The molecule has 0 saturated carbocycles. The lowest BCUT2D eigenvalue weighted by Gasteiger charge is -2.01. The Morgan fingerprint density at radius 3 is 1.83 bits per heavy atom. The van der Waals surface area contributed by atoms with Crippen molar-refractivity contribution in [3.8, 4) is 0 Å². The molecule has 0 aliphatic rings. The molecule has 12 heavy (non-hydrogen) atoms. The van der Waals surface area contributed by atoms with Crippen LogP contribution in [0.2, 0.25) is 0 Å². The highest BCUT2D eigenvalue weighted by atomic mass is 31.2. The third kappa shape index (κ3) is 12.5. The van der Waals surface area contributed by atoms with Crippen LogP contribution in [-0.4, -0.2) is 19.1 Å². The summed E-state index contributed by atoms with van der Waals surface area (Å²) in [6.07, 6.45) is 5.34. The molecule has 0 aliphatic heterocycles. The Hall–Kier alpha value is -0.150. The molecule has 0 radical (unpaired) electrons. The fraction of sp³-hybridized carbons (Fsp3) is 0.714. The average molecular weight is 196 g/mol. The number of phosphoric acid groups is 1. The standard InChI is InChI=1S/C5H10.C2H7O4P/c1-3-5-4-2;1-5-7(3,4)6-2/h3,5H,4H2,1-2H3;1-2H3,(H,3,4). The number of hydrogen-bond acceptors (Lipinski definition) is 3. The highest BCUT2D eigenvalue weighted by molar-refractivity contribution is 7.47. The van der Waals surface area contributed by atoms with Gasteiger partial charge in [0.05, 0.1) is 0 Å². The van der Waals surface area contributed by atoms with Gasteiger partial charge in [-0.05, 0) is 13.3 Å². The van der Waals surface area contributed by atoms with E-state index in [4.69, 9.17) is 4.89 Å². The minimum Gasteiger partial charge on any atom is -0.303 e. The van der Waals surface area contributed by atoms with Gasteiger partial charge in [-0.1, -0.05) is 19.1 Å². The van der Waals surface area contributed by atoms with Gasteiger partial charge in [0, 0.05) is 14.2 Å². The largest absolute Gasteiger partial charge is 0.471 e. The first-order chi connectivity index (χ1) is 5.54. The second-order valence-corrected chi connectivity index (χ2v) is 3.48. The summed E-state index contributed by atoms with van der Waals surface area (Å²) in [5, 5.41) is 0. The molecule has 0 aromatic carbocycles. The van der Waals surface area contributed by atoms with E-state index in [-0.39, 0.29) is 0 Å². The summed E-state index contributed by atoms with van der Waals surface area (Å²) in [6.45, 7) is 4.16. The zero-order valence-corrected chi connectivity index (χ0v) is 8.88. The second kappa shape index (κ2) is 8.94. The van der Waals surface area contributed by atoms with Crippen LogP contribution >= 0.6 is 7.82 Å². The van der Waals surface area contributed by atoms with E-state index in [1.54, 1.807) is 0 Å². The minimum absolute atomic E-state index is 1.10. The molecule has 0 aromatic rings. The summed E-state index contributed by atoms with van der Waals surface area (Å²) in [7, 11) is -1.45. The van der Waals surface area contributed by atoms with E-state index in [0.29, 0.717) is 0 Å². The van der Waals surface area contributed by atoms with E-state index < -0.39 is 7.82 Å². The summed E-state index contributed by atoms with van der Waals surface area (Å²) < 4.78 is 18.0. The van der Waals surface area contributed by atoms with Gasteiger partial charge in [0.25, 0.3) is 0 Å². The summed E-state index contributed by atoms with van der Waals surface area (Å²) >= 11 is 0. The number of allylic oxidation sites excluding steroid dienone is 2. The molecule has 5 heteroatoms. The fourth-order valence-electron chi connectivity index (χ4n) is 0.310. The first kappa shape index (κ1) is 14.4. The maximum atomic E-state index is 10.1. The molecular weight excluding hydrogens is 179 g/mol. The van der Waals surface area contributed by atoms with Gasteiger partial charge in [-0.25, -0.2) is 4.57 Å². The average Bonchev–Trinajstić information content (AvgIpc) is 2.07. The van der Waals surface area contributed by atoms with E-state index in [1.165, 1.54) is 0 Å². The number of rotatable bonds is 3. The maximum Gasteiger partial charge on any atom is 0.471 e. The molecule has 0 heterocycles. The highest BCUT2D eigenvalue weighted by Crippen LogP contribution is 2.40. The van der Waals surface area contributed by atoms with E-state index in [9.17, 15) is 4.57 Å². The second-order valence-electron chi connectivity index (χ2n) is 1.81. The van der Waals surface area contributed by atoms with Crippen LogP contribution in [-0.2, 0) is 13.6 Å². The van der Waals surface area contributed by atoms with Crippen LogP contribution < -0.4 is 0 Å². The maximum absolute atomic E-state index is 10.1. The van der Waals surface area contributed by atoms with E-state index in [1.807, 2.05) is 6.92 Å². The van der Waals surface area contributed by atoms with Crippen molar-refractivity contribution in [3.05, 3.63) is 12.2 Å². The highest BCUT2D eigenvalue weighted by Gasteiger charge is 2.13. The van der Waals surface area contributed by atoms with Crippen molar-refractivity contribution >= 4 is 7.82 Å². The Bertz CT molecular complexity index is 147. The van der Waals surface area contributed by atoms with E-state index in [2.05, 4.69) is 28.1 Å². The predicted octanol–water partition coefficient (Wildman–Crippen LogP) is 2.35. The lowest BCUT2D eigenvalue weighted by molar-refractivity contribution is 0.204. The van der Waals surface area contributed by atoms with Gasteiger partial charge >= 0.3 is 7.82 Å². The molecule has 0 unspecified atom stereocenters. The number of phosphoric ester groups is 1. The monoisotopic (exact) mass is 196 g/mol. The van der Waals surface area contributed by atoms with Gasteiger partial charge in [0.15, 0.2) is 0 Å². The SMILES string of the molecule is CC=CCC.COP(=O)(O)OC. The third-order valence-electron chi connectivity index (χ3n) is 0.933. The molecule has 0 aliphatic carbocycles. The Morgan fingerprint density at radius 2 is 1.83 bits per heavy atom. The molecule has 4 nitrogen and oxygen atoms in total. The zero-order chi connectivity index (χ0) is 10.0. The Balaban J connectivity index is 0. The molecule has 0 spiro atoms. The topological polar surface area (TPSA) is 55.8 Å². The van der Waals surface area contributed by atoms with Crippen LogP contribution in [0.5, 0.6) is 0 Å². The molecule has 0 fully saturated rings. The Kier molecular flexibility index (Phi) is 10.7. The lowest BCUT2D eigenvalue weighted by Crippen LogP contribution is -1.83. The zero-order valence-electron chi connectivity index (χ0n) is 7.98. The predicted molar refractivity (Wildman–Crippen MR) is 48.9 cm³/mol. The third-order valence-corrected chi connectivity index (χ3v) is 1.86. The Morgan fingerprint density at radius 1 is 1.42 bits per heavy atom. The van der Waals surface area contributed by atoms with Crippen LogP contribution in [0.3, 0.4) is 0 Å². The summed E-state index contributed by atoms with van der Waals surface area (Å²) in [6, 6.07) is 0. The van der Waals surface area contributed by atoms with Gasteiger partial charge in [-0.15, -0.1) is 0 Å². The smallest absolute Gasteiger partial charge is 0.303 e. The first-order valence-electron chi connectivity index (χ1n) is 3.59. The quantitative estimate of drug-likeness (QED) is 0.556. The van der Waals surface area contributed by atoms with Crippen molar-refractivity contribution in [2.75, 3.05) is 14.2 Å². The van der Waals surface area contributed by atoms with Crippen LogP contribution in [0.1, 0.15) is 20.3 Å². The van der Waals surface area contributed by atoms with Gasteiger partial charge in [0.2, 0.25) is 0 Å². The van der Waals surface area contributed by atoms with Gasteiger partial charge in [-0.3, -0.25) is 9.05 Å². The summed E-state index contributed by atoms with van der Waals surface area (Å²) in [5.74, 6) is 0. The van der Waals surface area contributed by atoms with Gasteiger partial charge in [0.1, 0.15) is 0 Å². The number of hydrogen-bond donors (Lipinski definition) is 1. The lowest BCUT2D eigenvalue weighted by atomic mass is 10.4. The Labute approximate surface area is 73.8 Å². The molecule has 0 bridgehead atoms. The molecule has 0 atom stereocenters. The minimum atomic E-state index is -3.65. The molecule has 74 valence electrons. The van der Waals surface area contributed by atoms with Crippen LogP contribution in [0, 0.1) is 0 Å². The van der Waals surface area contributed by atoms with Gasteiger partial charge in [-0.2, -0.15) is 0 Å².